The fourth-order valence-electron chi connectivity index (χ4n) is 3.94. The minimum atomic E-state index is 0.618. The highest BCUT2D eigenvalue weighted by atomic mass is 35.5. The molecule has 104 valence electrons. The molecule has 0 spiro atoms. The normalized spacial score (nSPS) is 26.2. The zero-order chi connectivity index (χ0) is 13.9. The number of hydrogen-bond donors (Lipinski definition) is 1. The molecule has 2 aromatic rings. The Balaban J connectivity index is 1.89. The molecule has 2 atom stereocenters. The fourth-order valence-corrected chi connectivity index (χ4v) is 4.11. The highest BCUT2D eigenvalue weighted by Gasteiger charge is 2.34. The molecule has 1 aromatic carbocycles. The number of fused-ring (bicyclic) bond motifs is 3. The summed E-state index contributed by atoms with van der Waals surface area (Å²) in [4.78, 5) is 6.03. The molecular formula is C17H19ClN2. The van der Waals surface area contributed by atoms with Crippen LogP contribution in [0.2, 0.25) is 5.02 Å². The van der Waals surface area contributed by atoms with Gasteiger partial charge in [-0.3, -0.25) is 4.90 Å². The largest absolute Gasteiger partial charge is 0.358 e. The molecule has 20 heavy (non-hydrogen) atoms. The van der Waals surface area contributed by atoms with E-state index < -0.39 is 0 Å². The van der Waals surface area contributed by atoms with Crippen molar-refractivity contribution >= 4 is 28.1 Å². The maximum atomic E-state index is 6.19. The Bertz CT molecular complexity index is 713. The second-order valence-electron chi connectivity index (χ2n) is 6.17. The number of rotatable bonds is 1. The number of H-pyrrole nitrogens is 1. The van der Waals surface area contributed by atoms with Gasteiger partial charge in [0, 0.05) is 39.3 Å². The van der Waals surface area contributed by atoms with Crippen molar-refractivity contribution in [2.75, 3.05) is 7.05 Å². The third-order valence-corrected chi connectivity index (χ3v) is 5.25. The molecule has 3 heteroatoms. The van der Waals surface area contributed by atoms with Crippen LogP contribution in [0.4, 0.5) is 0 Å². The molecule has 1 saturated heterocycles. The van der Waals surface area contributed by atoms with Crippen molar-refractivity contribution in [3.63, 3.8) is 0 Å². The van der Waals surface area contributed by atoms with Gasteiger partial charge in [-0.05, 0) is 57.0 Å². The summed E-state index contributed by atoms with van der Waals surface area (Å²) in [6, 6.07) is 7.46. The van der Waals surface area contributed by atoms with Gasteiger partial charge < -0.3 is 4.98 Å². The number of halogens is 1. The van der Waals surface area contributed by atoms with E-state index in [2.05, 4.69) is 42.1 Å². The average molecular weight is 287 g/mol. The smallest absolute Gasteiger partial charge is 0.0463 e. The first-order chi connectivity index (χ1) is 9.63. The van der Waals surface area contributed by atoms with Crippen LogP contribution in [0.1, 0.15) is 30.5 Å². The van der Waals surface area contributed by atoms with E-state index in [4.69, 9.17) is 11.6 Å². The van der Waals surface area contributed by atoms with E-state index in [1.54, 1.807) is 0 Å². The van der Waals surface area contributed by atoms with E-state index in [0.29, 0.717) is 12.1 Å². The molecule has 0 aliphatic carbocycles. The number of aromatic nitrogens is 1. The van der Waals surface area contributed by atoms with Gasteiger partial charge in [0.25, 0.3) is 0 Å². The molecule has 2 nitrogen and oxygen atoms in total. The molecule has 4 rings (SSSR count). The molecule has 1 fully saturated rings. The molecule has 0 unspecified atom stereocenters. The number of nitrogens with zero attached hydrogens (tertiary/aromatic N) is 1. The van der Waals surface area contributed by atoms with Gasteiger partial charge in [0.05, 0.1) is 0 Å². The number of benzene rings is 1. The topological polar surface area (TPSA) is 19.0 Å². The summed E-state index contributed by atoms with van der Waals surface area (Å²) in [5.74, 6) is 0. The summed E-state index contributed by atoms with van der Waals surface area (Å²) < 4.78 is 0. The lowest BCUT2D eigenvalue weighted by Crippen LogP contribution is -2.34. The van der Waals surface area contributed by atoms with Crippen molar-refractivity contribution in [2.24, 2.45) is 0 Å². The summed E-state index contributed by atoms with van der Waals surface area (Å²) >= 11 is 6.19. The zero-order valence-electron chi connectivity index (χ0n) is 11.9. The first-order valence-corrected chi connectivity index (χ1v) is 7.72. The molecule has 3 heterocycles. The van der Waals surface area contributed by atoms with Crippen molar-refractivity contribution in [3.05, 3.63) is 40.6 Å². The maximum Gasteiger partial charge on any atom is 0.0463 e. The van der Waals surface area contributed by atoms with Crippen LogP contribution >= 0.6 is 11.6 Å². The second kappa shape index (κ2) is 4.37. The Labute approximate surface area is 124 Å². The van der Waals surface area contributed by atoms with Gasteiger partial charge in [0.15, 0.2) is 0 Å². The van der Waals surface area contributed by atoms with Gasteiger partial charge in [0.1, 0.15) is 0 Å². The summed E-state index contributed by atoms with van der Waals surface area (Å²) in [6.07, 6.45) is 6.25. The molecule has 0 radical (unpaired) electrons. The number of hydrogen-bond acceptors (Lipinski definition) is 1. The van der Waals surface area contributed by atoms with Gasteiger partial charge in [0.2, 0.25) is 0 Å². The standard InChI is InChI=1S/C17H19ClN2/c1-10-17(15-9-12(18)3-6-16(15)19-10)11-7-13-4-5-14(8-11)20(13)2/h3,6-7,9,13-14,19H,4-5,8H2,1-2H3/t13-,14+/m0/s1. The Morgan fingerprint density at radius 1 is 1.30 bits per heavy atom. The van der Waals surface area contributed by atoms with Crippen LogP contribution in [0.25, 0.3) is 16.5 Å². The molecule has 2 bridgehead atoms. The lowest BCUT2D eigenvalue weighted by atomic mass is 9.93. The van der Waals surface area contributed by atoms with Crippen molar-refractivity contribution in [1.82, 2.24) is 9.88 Å². The van der Waals surface area contributed by atoms with Crippen molar-refractivity contribution in [2.45, 2.75) is 38.3 Å². The Hall–Kier alpha value is -1.25. The van der Waals surface area contributed by atoms with E-state index in [0.717, 1.165) is 11.4 Å². The van der Waals surface area contributed by atoms with Crippen LogP contribution in [-0.4, -0.2) is 29.0 Å². The van der Waals surface area contributed by atoms with E-state index in [9.17, 15) is 0 Å². The molecule has 0 saturated carbocycles. The quantitative estimate of drug-likeness (QED) is 0.824. The summed E-state index contributed by atoms with van der Waals surface area (Å²) in [5.41, 5.74) is 5.33. The second-order valence-corrected chi connectivity index (χ2v) is 6.61. The van der Waals surface area contributed by atoms with Crippen LogP contribution in [-0.2, 0) is 0 Å². The first kappa shape index (κ1) is 12.5. The van der Waals surface area contributed by atoms with Crippen LogP contribution in [0.15, 0.2) is 24.3 Å². The van der Waals surface area contributed by atoms with Crippen molar-refractivity contribution < 1.29 is 0 Å². The summed E-state index contributed by atoms with van der Waals surface area (Å²) in [7, 11) is 2.26. The molecule has 2 aliphatic rings. The molecule has 1 aromatic heterocycles. The maximum absolute atomic E-state index is 6.19. The van der Waals surface area contributed by atoms with Crippen LogP contribution in [0.3, 0.4) is 0 Å². The first-order valence-electron chi connectivity index (χ1n) is 7.34. The lowest BCUT2D eigenvalue weighted by Gasteiger charge is -2.30. The van der Waals surface area contributed by atoms with Crippen molar-refractivity contribution in [1.29, 1.82) is 0 Å². The van der Waals surface area contributed by atoms with Gasteiger partial charge in [-0.1, -0.05) is 17.7 Å². The predicted molar refractivity (Wildman–Crippen MR) is 85.2 cm³/mol. The third-order valence-electron chi connectivity index (χ3n) is 5.01. The van der Waals surface area contributed by atoms with Crippen LogP contribution in [0, 0.1) is 6.92 Å². The zero-order valence-corrected chi connectivity index (χ0v) is 12.7. The lowest BCUT2D eigenvalue weighted by molar-refractivity contribution is 0.264. The predicted octanol–water partition coefficient (Wildman–Crippen LogP) is 4.38. The Morgan fingerprint density at radius 2 is 2.15 bits per heavy atom. The van der Waals surface area contributed by atoms with E-state index >= 15 is 0 Å². The average Bonchev–Trinajstić information content (AvgIpc) is 2.82. The Kier molecular flexibility index (Phi) is 2.73. The fraction of sp³-hybridized carbons (Fsp3) is 0.412. The van der Waals surface area contributed by atoms with E-state index in [1.165, 1.54) is 40.6 Å². The monoisotopic (exact) mass is 286 g/mol. The molecule has 1 N–H and O–H groups in total. The number of nitrogens with one attached hydrogen (secondary N) is 1. The van der Waals surface area contributed by atoms with Crippen molar-refractivity contribution in [3.8, 4) is 0 Å². The van der Waals surface area contributed by atoms with Gasteiger partial charge in [-0.2, -0.15) is 0 Å². The number of likely N-dealkylation sites (N-methyl/N-ethyl adjacent to an activating group) is 1. The molecule has 2 aliphatic heterocycles. The van der Waals surface area contributed by atoms with E-state index in [1.807, 2.05) is 6.07 Å². The number of aryl methyl sites for hydroxylation is 1. The highest BCUT2D eigenvalue weighted by Crippen LogP contribution is 2.40. The van der Waals surface area contributed by atoms with Gasteiger partial charge in [-0.25, -0.2) is 0 Å². The third kappa shape index (κ3) is 1.75. The number of aromatic amines is 1. The highest BCUT2D eigenvalue weighted by molar-refractivity contribution is 6.31. The Morgan fingerprint density at radius 3 is 2.95 bits per heavy atom. The van der Waals surface area contributed by atoms with Gasteiger partial charge >= 0.3 is 0 Å². The van der Waals surface area contributed by atoms with Gasteiger partial charge in [-0.15, -0.1) is 0 Å². The minimum absolute atomic E-state index is 0.618. The minimum Gasteiger partial charge on any atom is -0.358 e. The van der Waals surface area contributed by atoms with Crippen LogP contribution < -0.4 is 0 Å². The summed E-state index contributed by atoms with van der Waals surface area (Å²) in [5, 5.41) is 2.08. The molecule has 0 amide bonds. The van der Waals surface area contributed by atoms with Crippen LogP contribution in [0.5, 0.6) is 0 Å². The van der Waals surface area contributed by atoms with E-state index in [-0.39, 0.29) is 0 Å². The SMILES string of the molecule is Cc1[nH]c2ccc(Cl)cc2c1C1=C[C@@H]2CC[C@H](C1)N2C. The summed E-state index contributed by atoms with van der Waals surface area (Å²) in [6.45, 7) is 2.17. The molecular weight excluding hydrogens is 268 g/mol.